The lowest BCUT2D eigenvalue weighted by Gasteiger charge is -2.14. The number of aliphatic imine (C=N–C) groups is 1. The van der Waals surface area contributed by atoms with Gasteiger partial charge in [0.25, 0.3) is 0 Å². The van der Waals surface area contributed by atoms with Crippen molar-refractivity contribution in [1.82, 2.24) is 0 Å². The van der Waals surface area contributed by atoms with Crippen molar-refractivity contribution >= 4 is 34.0 Å². The zero-order chi connectivity index (χ0) is 19.3. The molecule has 0 unspecified atom stereocenters. The Kier molecular flexibility index (Phi) is 6.05. The zero-order valence-corrected chi connectivity index (χ0v) is 15.5. The molecule has 27 heavy (non-hydrogen) atoms. The fraction of sp³-hybridized carbons (Fsp3) is 0.263. The predicted octanol–water partition coefficient (Wildman–Crippen LogP) is 5.45. The second kappa shape index (κ2) is 8.47. The molecule has 2 aromatic rings. The molecular weight excluding hydrogens is 373 g/mol. The molecule has 8 heteroatoms. The van der Waals surface area contributed by atoms with Gasteiger partial charge in [0.2, 0.25) is 0 Å². The topological polar surface area (TPSA) is 48.8 Å². The fourth-order valence-electron chi connectivity index (χ4n) is 2.49. The number of hydrogen-bond donors (Lipinski definition) is 2. The van der Waals surface area contributed by atoms with Gasteiger partial charge in [-0.3, -0.25) is 10.4 Å². The molecule has 1 aliphatic heterocycles. The minimum atomic E-state index is -4.43. The second-order valence-corrected chi connectivity index (χ2v) is 7.03. The highest BCUT2D eigenvalue weighted by Gasteiger charge is 2.33. The van der Waals surface area contributed by atoms with Crippen LogP contribution in [0.2, 0.25) is 0 Å². The summed E-state index contributed by atoms with van der Waals surface area (Å²) in [5, 5.41) is 8.27. The lowest BCUT2D eigenvalue weighted by Crippen LogP contribution is -2.13. The van der Waals surface area contributed by atoms with Gasteiger partial charge in [-0.1, -0.05) is 36.0 Å². The number of halogens is 3. The van der Waals surface area contributed by atoms with E-state index in [1.165, 1.54) is 18.2 Å². The summed E-state index contributed by atoms with van der Waals surface area (Å²) in [6.45, 7) is 2.58. The van der Waals surface area contributed by atoms with Gasteiger partial charge < -0.3 is 5.32 Å². The molecule has 0 aliphatic carbocycles. The number of para-hydroxylation sites is 1. The van der Waals surface area contributed by atoms with Crippen LogP contribution in [0.1, 0.15) is 24.5 Å². The van der Waals surface area contributed by atoms with E-state index in [4.69, 9.17) is 0 Å². The van der Waals surface area contributed by atoms with Gasteiger partial charge >= 0.3 is 6.18 Å². The smallest absolute Gasteiger partial charge is 0.335 e. The molecule has 2 aromatic carbocycles. The van der Waals surface area contributed by atoms with Gasteiger partial charge in [-0.15, -0.1) is 0 Å². The van der Waals surface area contributed by atoms with Crippen LogP contribution in [0.3, 0.4) is 0 Å². The summed E-state index contributed by atoms with van der Waals surface area (Å²) in [5.74, 6) is 1.06. The Balaban J connectivity index is 1.69. The van der Waals surface area contributed by atoms with Crippen LogP contribution in [0.25, 0.3) is 0 Å². The van der Waals surface area contributed by atoms with Gasteiger partial charge in [0, 0.05) is 18.0 Å². The number of nitrogens with zero attached hydrogens (tertiary/aromatic N) is 2. The van der Waals surface area contributed by atoms with Crippen LogP contribution in [0.15, 0.2) is 58.6 Å². The molecule has 1 aliphatic rings. The molecule has 0 aromatic heterocycles. The van der Waals surface area contributed by atoms with Gasteiger partial charge in [-0.05, 0) is 43.2 Å². The minimum Gasteiger partial charge on any atom is -0.335 e. The molecule has 3 rings (SSSR count). The number of rotatable bonds is 4. The Bertz CT molecular complexity index is 845. The average molecular weight is 392 g/mol. The normalized spacial score (nSPS) is 15.3. The average Bonchev–Trinajstić information content (AvgIpc) is 2.67. The Morgan fingerprint density at radius 1 is 1.11 bits per heavy atom. The molecule has 0 saturated carbocycles. The largest absolute Gasteiger partial charge is 0.418 e. The molecule has 0 fully saturated rings. The Hall–Kier alpha value is -2.48. The van der Waals surface area contributed by atoms with Crippen molar-refractivity contribution in [3.8, 4) is 0 Å². The third kappa shape index (κ3) is 5.26. The minimum absolute atomic E-state index is 0.0741. The summed E-state index contributed by atoms with van der Waals surface area (Å²) in [5.41, 5.74) is 4.02. The summed E-state index contributed by atoms with van der Waals surface area (Å²) in [6, 6.07) is 12.8. The first-order valence-electron chi connectivity index (χ1n) is 8.45. The lowest BCUT2D eigenvalue weighted by atomic mass is 10.1. The monoisotopic (exact) mass is 392 g/mol. The van der Waals surface area contributed by atoms with Crippen LogP contribution >= 0.6 is 11.8 Å². The summed E-state index contributed by atoms with van der Waals surface area (Å²) >= 11 is 1.69. The highest BCUT2D eigenvalue weighted by Crippen LogP contribution is 2.34. The fourth-order valence-corrected chi connectivity index (χ4v) is 3.33. The van der Waals surface area contributed by atoms with Crippen molar-refractivity contribution < 1.29 is 13.2 Å². The third-order valence-corrected chi connectivity index (χ3v) is 4.92. The number of anilines is 2. The molecule has 0 atom stereocenters. The van der Waals surface area contributed by atoms with Crippen molar-refractivity contribution in [2.24, 2.45) is 10.1 Å². The number of hydrazone groups is 1. The highest BCUT2D eigenvalue weighted by molar-refractivity contribution is 8.14. The van der Waals surface area contributed by atoms with E-state index in [9.17, 15) is 13.2 Å². The standard InChI is InChI=1S/C19H19F3N4S/c1-13(25-26-17-6-3-2-5-16(17)19(20,21)22)14-7-9-15(10-8-14)24-18-23-11-4-12-27-18/h2-3,5-10,26H,4,11-12H2,1H3,(H,23,24)/b25-13-. The first-order chi connectivity index (χ1) is 12.9. The number of thioether (sulfide) groups is 1. The van der Waals surface area contributed by atoms with Gasteiger partial charge in [0.1, 0.15) is 0 Å². The number of amidine groups is 1. The van der Waals surface area contributed by atoms with Crippen LogP contribution in [0.4, 0.5) is 24.5 Å². The zero-order valence-electron chi connectivity index (χ0n) is 14.7. The molecule has 0 radical (unpaired) electrons. The van der Waals surface area contributed by atoms with E-state index in [0.717, 1.165) is 41.2 Å². The number of alkyl halides is 3. The molecule has 0 amide bonds. The second-order valence-electron chi connectivity index (χ2n) is 5.94. The van der Waals surface area contributed by atoms with Crippen LogP contribution in [-0.4, -0.2) is 23.2 Å². The van der Waals surface area contributed by atoms with Crippen molar-refractivity contribution in [3.63, 3.8) is 0 Å². The molecule has 4 nitrogen and oxygen atoms in total. The van der Waals surface area contributed by atoms with Crippen molar-refractivity contribution in [3.05, 3.63) is 59.7 Å². The van der Waals surface area contributed by atoms with Gasteiger partial charge in [0.15, 0.2) is 5.17 Å². The summed E-state index contributed by atoms with van der Waals surface area (Å²) in [4.78, 5) is 4.42. The van der Waals surface area contributed by atoms with Crippen LogP contribution < -0.4 is 10.7 Å². The molecule has 2 N–H and O–H groups in total. The molecule has 1 heterocycles. The van der Waals surface area contributed by atoms with E-state index < -0.39 is 11.7 Å². The van der Waals surface area contributed by atoms with Crippen LogP contribution in [0, 0.1) is 0 Å². The summed E-state index contributed by atoms with van der Waals surface area (Å²) in [7, 11) is 0. The van der Waals surface area contributed by atoms with E-state index >= 15 is 0 Å². The molecule has 0 saturated heterocycles. The van der Waals surface area contributed by atoms with Gasteiger partial charge in [0.05, 0.1) is 17.0 Å². The van der Waals surface area contributed by atoms with Crippen molar-refractivity contribution in [2.75, 3.05) is 23.0 Å². The maximum atomic E-state index is 13.0. The number of hydrogen-bond acceptors (Lipinski definition) is 5. The SMILES string of the molecule is C/C(=N/Nc1ccccc1C(F)(F)F)c1ccc(NC2=NCCCS2)cc1. The van der Waals surface area contributed by atoms with Gasteiger partial charge in [-0.2, -0.15) is 18.3 Å². The first-order valence-corrected chi connectivity index (χ1v) is 9.43. The predicted molar refractivity (Wildman–Crippen MR) is 107 cm³/mol. The number of nitrogens with one attached hydrogen (secondary N) is 2. The van der Waals surface area contributed by atoms with Crippen molar-refractivity contribution in [2.45, 2.75) is 19.5 Å². The van der Waals surface area contributed by atoms with Crippen molar-refractivity contribution in [1.29, 1.82) is 0 Å². The van der Waals surface area contributed by atoms with Gasteiger partial charge in [-0.25, -0.2) is 0 Å². The Morgan fingerprint density at radius 3 is 2.52 bits per heavy atom. The Labute approximate surface area is 160 Å². The lowest BCUT2D eigenvalue weighted by molar-refractivity contribution is -0.136. The van der Waals surface area contributed by atoms with E-state index in [0.29, 0.717) is 5.71 Å². The van der Waals surface area contributed by atoms with E-state index in [2.05, 4.69) is 20.8 Å². The third-order valence-electron chi connectivity index (χ3n) is 3.93. The maximum absolute atomic E-state index is 13.0. The molecule has 142 valence electrons. The molecule has 0 spiro atoms. The maximum Gasteiger partial charge on any atom is 0.418 e. The van der Waals surface area contributed by atoms with Crippen LogP contribution in [0.5, 0.6) is 0 Å². The molecule has 0 bridgehead atoms. The Morgan fingerprint density at radius 2 is 1.85 bits per heavy atom. The first kappa shape index (κ1) is 19.3. The van der Waals surface area contributed by atoms with E-state index in [-0.39, 0.29) is 5.69 Å². The summed E-state index contributed by atoms with van der Waals surface area (Å²) < 4.78 is 39.1. The van der Waals surface area contributed by atoms with E-state index in [1.54, 1.807) is 18.7 Å². The van der Waals surface area contributed by atoms with E-state index in [1.807, 2.05) is 24.3 Å². The quantitative estimate of drug-likeness (QED) is 0.538. The van der Waals surface area contributed by atoms with Crippen LogP contribution in [-0.2, 0) is 6.18 Å². The highest BCUT2D eigenvalue weighted by atomic mass is 32.2. The summed E-state index contributed by atoms with van der Waals surface area (Å²) in [6.07, 6.45) is -3.34. The number of benzene rings is 2. The molecular formula is C19H19F3N4S.